The van der Waals surface area contributed by atoms with E-state index >= 15 is 0 Å². The van der Waals surface area contributed by atoms with Gasteiger partial charge in [0.1, 0.15) is 12.2 Å². The Morgan fingerprint density at radius 2 is 1.87 bits per heavy atom. The van der Waals surface area contributed by atoms with Crippen molar-refractivity contribution in [1.29, 1.82) is 0 Å². The highest BCUT2D eigenvalue weighted by Gasteiger charge is 2.28. The number of halogens is 1. The lowest BCUT2D eigenvalue weighted by molar-refractivity contribution is -0.885. The number of likely N-dealkylation sites (N-methyl/N-ethyl adjacent to an activating group) is 1. The van der Waals surface area contributed by atoms with Gasteiger partial charge in [0.2, 0.25) is 5.91 Å². The van der Waals surface area contributed by atoms with Gasteiger partial charge in [-0.2, -0.15) is 5.10 Å². The minimum absolute atomic E-state index is 0.0634. The molecule has 1 unspecified atom stereocenters. The number of para-hydroxylation sites is 1. The lowest BCUT2D eigenvalue weighted by atomic mass is 10.1. The summed E-state index contributed by atoms with van der Waals surface area (Å²) in [6.07, 6.45) is 3.23. The standard InChI is InChI=1S/C23H23ClN4O2/c1-26(16-22(30)27-13-5-8-21(27)29)14-18-15-28(20-6-3-2-4-7-20)25-23(18)17-9-11-19(24)12-10-17/h2-4,6-7,9-12,15H,5,8,13-14,16H2,1H3/p+1. The number of aromatic nitrogens is 2. The average Bonchev–Trinajstić information content (AvgIpc) is 3.35. The van der Waals surface area contributed by atoms with Gasteiger partial charge >= 0.3 is 0 Å². The summed E-state index contributed by atoms with van der Waals surface area (Å²) in [5.74, 6) is -0.176. The maximum absolute atomic E-state index is 12.5. The van der Waals surface area contributed by atoms with Gasteiger partial charge in [-0.15, -0.1) is 0 Å². The van der Waals surface area contributed by atoms with Crippen LogP contribution in [0.3, 0.4) is 0 Å². The lowest BCUT2D eigenvalue weighted by Crippen LogP contribution is -3.08. The van der Waals surface area contributed by atoms with Crippen molar-refractivity contribution < 1.29 is 14.5 Å². The maximum atomic E-state index is 12.5. The first-order chi connectivity index (χ1) is 14.5. The zero-order valence-electron chi connectivity index (χ0n) is 16.8. The van der Waals surface area contributed by atoms with Crippen LogP contribution in [0.5, 0.6) is 0 Å². The van der Waals surface area contributed by atoms with Gasteiger partial charge in [0.25, 0.3) is 5.91 Å². The molecule has 7 heteroatoms. The molecule has 0 radical (unpaired) electrons. The Morgan fingerprint density at radius 3 is 2.53 bits per heavy atom. The van der Waals surface area contributed by atoms with Crippen LogP contribution in [-0.4, -0.2) is 46.6 Å². The second-order valence-corrected chi connectivity index (χ2v) is 8.08. The van der Waals surface area contributed by atoms with E-state index in [4.69, 9.17) is 16.7 Å². The predicted octanol–water partition coefficient (Wildman–Crippen LogP) is 2.36. The first kappa shape index (κ1) is 20.3. The highest BCUT2D eigenvalue weighted by Crippen LogP contribution is 2.25. The number of amides is 2. The van der Waals surface area contributed by atoms with E-state index in [9.17, 15) is 9.59 Å². The van der Waals surface area contributed by atoms with Gasteiger partial charge in [0.15, 0.2) is 6.54 Å². The van der Waals surface area contributed by atoms with Crippen LogP contribution in [-0.2, 0) is 16.1 Å². The molecule has 1 aliphatic heterocycles. The summed E-state index contributed by atoms with van der Waals surface area (Å²) in [6, 6.07) is 17.5. The molecule has 4 rings (SSSR count). The smallest absolute Gasteiger partial charge is 0.284 e. The number of hydrogen-bond donors (Lipinski definition) is 1. The fourth-order valence-corrected chi connectivity index (χ4v) is 3.88. The van der Waals surface area contributed by atoms with E-state index in [1.54, 1.807) is 0 Å². The second-order valence-electron chi connectivity index (χ2n) is 7.64. The summed E-state index contributed by atoms with van der Waals surface area (Å²) in [5, 5.41) is 5.49. The van der Waals surface area contributed by atoms with Crippen molar-refractivity contribution in [3.63, 3.8) is 0 Å². The Kier molecular flexibility index (Phi) is 5.97. The van der Waals surface area contributed by atoms with Crippen LogP contribution in [0.1, 0.15) is 18.4 Å². The molecule has 3 aromatic rings. The fourth-order valence-electron chi connectivity index (χ4n) is 3.76. The van der Waals surface area contributed by atoms with E-state index in [1.807, 2.05) is 72.5 Å². The molecule has 30 heavy (non-hydrogen) atoms. The van der Waals surface area contributed by atoms with Crippen LogP contribution in [0.2, 0.25) is 5.02 Å². The number of imide groups is 1. The fraction of sp³-hybridized carbons (Fsp3) is 0.261. The van der Waals surface area contributed by atoms with E-state index in [1.165, 1.54) is 4.90 Å². The van der Waals surface area contributed by atoms with Gasteiger partial charge in [0.05, 0.1) is 18.3 Å². The van der Waals surface area contributed by atoms with Crippen LogP contribution in [0.15, 0.2) is 60.8 Å². The number of likely N-dealkylation sites (tertiary alicyclic amines) is 1. The summed E-state index contributed by atoms with van der Waals surface area (Å²) in [7, 11) is 1.96. The van der Waals surface area contributed by atoms with Crippen molar-refractivity contribution in [2.45, 2.75) is 19.4 Å². The monoisotopic (exact) mass is 423 g/mol. The normalized spacial score (nSPS) is 14.9. The third-order valence-corrected chi connectivity index (χ3v) is 5.50. The van der Waals surface area contributed by atoms with Crippen LogP contribution in [0.25, 0.3) is 16.9 Å². The molecule has 1 aromatic heterocycles. The first-order valence-corrected chi connectivity index (χ1v) is 10.4. The van der Waals surface area contributed by atoms with Crippen molar-refractivity contribution >= 4 is 23.4 Å². The minimum Gasteiger partial charge on any atom is -0.326 e. The average molecular weight is 424 g/mol. The van der Waals surface area contributed by atoms with Crippen LogP contribution in [0, 0.1) is 0 Å². The second kappa shape index (κ2) is 8.81. The van der Waals surface area contributed by atoms with Crippen LogP contribution < -0.4 is 4.90 Å². The number of nitrogens with zero attached hydrogens (tertiary/aromatic N) is 3. The number of hydrogen-bond acceptors (Lipinski definition) is 3. The van der Waals surface area contributed by atoms with Gasteiger partial charge in [-0.05, 0) is 30.7 Å². The Labute approximate surface area is 180 Å². The Morgan fingerprint density at radius 1 is 1.13 bits per heavy atom. The largest absolute Gasteiger partial charge is 0.326 e. The molecular formula is C23H24ClN4O2+. The molecule has 1 aliphatic rings. The number of rotatable bonds is 6. The summed E-state index contributed by atoms with van der Waals surface area (Å²) >= 11 is 6.06. The van der Waals surface area contributed by atoms with Crippen molar-refractivity contribution in [3.05, 3.63) is 71.4 Å². The number of carbonyl (C=O) groups is 2. The SMILES string of the molecule is C[NH+](CC(=O)N1CCCC1=O)Cc1cn(-c2ccccc2)nc1-c1ccc(Cl)cc1. The third kappa shape index (κ3) is 4.45. The first-order valence-electron chi connectivity index (χ1n) is 10.1. The molecule has 6 nitrogen and oxygen atoms in total. The third-order valence-electron chi connectivity index (χ3n) is 5.25. The quantitative estimate of drug-likeness (QED) is 0.662. The van der Waals surface area contributed by atoms with E-state index in [2.05, 4.69) is 0 Å². The lowest BCUT2D eigenvalue weighted by Gasteiger charge is -2.17. The van der Waals surface area contributed by atoms with Gasteiger partial charge in [-0.1, -0.05) is 41.9 Å². The summed E-state index contributed by atoms with van der Waals surface area (Å²) in [6.45, 7) is 1.41. The highest BCUT2D eigenvalue weighted by molar-refractivity contribution is 6.30. The van der Waals surface area contributed by atoms with Gasteiger partial charge < -0.3 is 4.90 Å². The van der Waals surface area contributed by atoms with Crippen molar-refractivity contribution in [2.24, 2.45) is 0 Å². The van der Waals surface area contributed by atoms with Crippen LogP contribution >= 0.6 is 11.6 Å². The summed E-state index contributed by atoms with van der Waals surface area (Å²) < 4.78 is 1.86. The Hall–Kier alpha value is -2.96. The van der Waals surface area contributed by atoms with E-state index in [0.717, 1.165) is 33.8 Å². The molecular weight excluding hydrogens is 400 g/mol. The molecule has 2 heterocycles. The molecule has 1 fully saturated rings. The van der Waals surface area contributed by atoms with Crippen molar-refractivity contribution in [1.82, 2.24) is 14.7 Å². The molecule has 154 valence electrons. The van der Waals surface area contributed by atoms with Gasteiger partial charge in [-0.3, -0.25) is 14.5 Å². The number of nitrogens with one attached hydrogen (secondary N) is 1. The zero-order valence-corrected chi connectivity index (χ0v) is 17.6. The van der Waals surface area contributed by atoms with E-state index < -0.39 is 0 Å². The molecule has 1 saturated heterocycles. The number of benzene rings is 2. The molecule has 0 spiro atoms. The van der Waals surface area contributed by atoms with E-state index in [-0.39, 0.29) is 18.4 Å². The molecule has 1 N–H and O–H groups in total. The molecule has 2 aromatic carbocycles. The van der Waals surface area contributed by atoms with Crippen LogP contribution in [0.4, 0.5) is 0 Å². The number of carbonyl (C=O) groups excluding carboxylic acids is 2. The Bertz CT molecular complexity index is 1050. The Balaban J connectivity index is 1.59. The minimum atomic E-state index is -0.113. The predicted molar refractivity (Wildman–Crippen MR) is 115 cm³/mol. The molecule has 0 aliphatic carbocycles. The van der Waals surface area contributed by atoms with Crippen molar-refractivity contribution in [3.8, 4) is 16.9 Å². The number of quaternary nitrogens is 1. The molecule has 1 atom stereocenters. The summed E-state index contributed by atoms with van der Waals surface area (Å²) in [5.41, 5.74) is 3.83. The molecule has 0 saturated carbocycles. The summed E-state index contributed by atoms with van der Waals surface area (Å²) in [4.78, 5) is 26.8. The topological polar surface area (TPSA) is 59.6 Å². The zero-order chi connectivity index (χ0) is 21.1. The highest BCUT2D eigenvalue weighted by atomic mass is 35.5. The van der Waals surface area contributed by atoms with Gasteiger partial charge in [-0.25, -0.2) is 4.68 Å². The van der Waals surface area contributed by atoms with Crippen molar-refractivity contribution in [2.75, 3.05) is 20.1 Å². The van der Waals surface area contributed by atoms with E-state index in [0.29, 0.717) is 24.5 Å². The maximum Gasteiger partial charge on any atom is 0.284 e. The molecule has 2 amide bonds. The molecule has 0 bridgehead atoms. The van der Waals surface area contributed by atoms with Gasteiger partial charge in [0, 0.05) is 29.7 Å².